The van der Waals surface area contributed by atoms with Gasteiger partial charge in [0.2, 0.25) is 17.7 Å². The maximum absolute atomic E-state index is 14.3. The molecule has 4 amide bonds. The van der Waals surface area contributed by atoms with Gasteiger partial charge in [-0.1, -0.05) is 53.6 Å². The van der Waals surface area contributed by atoms with E-state index in [4.69, 9.17) is 30.5 Å². The summed E-state index contributed by atoms with van der Waals surface area (Å²) in [5.41, 5.74) is 2.26. The fourth-order valence-electron chi connectivity index (χ4n) is 8.83. The Morgan fingerprint density at radius 1 is 1.12 bits per heavy atom. The molecule has 66 heavy (non-hydrogen) atoms. The molecule has 358 valence electrons. The zero-order valence-corrected chi connectivity index (χ0v) is 39.7. The molecule has 18 nitrogen and oxygen atoms in total. The molecule has 0 saturated carbocycles. The van der Waals surface area contributed by atoms with Crippen molar-refractivity contribution < 1.29 is 53.1 Å². The van der Waals surface area contributed by atoms with Crippen LogP contribution in [0.25, 0.3) is 10.9 Å². The van der Waals surface area contributed by atoms with Crippen LogP contribution in [-0.4, -0.2) is 138 Å². The number of aliphatic hydroxyl groups is 2. The zero-order chi connectivity index (χ0) is 48.3. The van der Waals surface area contributed by atoms with Gasteiger partial charge in [-0.15, -0.1) is 0 Å². The van der Waals surface area contributed by atoms with Gasteiger partial charge in [-0.2, -0.15) is 0 Å². The van der Waals surface area contributed by atoms with Crippen molar-refractivity contribution in [2.75, 3.05) is 46.7 Å². The van der Waals surface area contributed by atoms with Crippen LogP contribution in [0, 0.1) is 0 Å². The van der Waals surface area contributed by atoms with E-state index in [0.29, 0.717) is 30.9 Å². The number of benzene rings is 2. The first-order valence-electron chi connectivity index (χ1n) is 21.8. The monoisotopic (exact) mass is 935 g/mol. The second-order valence-electron chi connectivity index (χ2n) is 17.9. The number of ether oxygens (including phenoxy) is 4. The number of alkyl carbamates (subject to hydrolysis) is 1. The van der Waals surface area contributed by atoms with E-state index in [-0.39, 0.29) is 36.7 Å². The Morgan fingerprint density at radius 3 is 2.53 bits per heavy atom. The Kier molecular flexibility index (Phi) is 15.2. The standard InChI is InChI=1S/C47H62ClN7O11/c1-28-13-12-16-36(56)47(62)24-38(65-44(61)51-47)46(4)27-45(3,66-46)37(23-40(58)54(8)34-20-30(19-28)21-35(63-9)42(34)48)64-43(60)29(2)53(7)41(59)25-50-39(57)17-18-55-32(26-52(6)49-5)22-31-14-10-11-15-33(31)55/h10-16,20-22,29,36-38,49,56,62H,17-19,23-27H2,1-9H3,(H,50,57)(H,51,61)/b16-12+,28-13+/t29-,36+,37-,38-,45+,46?,47-/m0/s1. The summed E-state index contributed by atoms with van der Waals surface area (Å²) in [5, 5.41) is 30.8. The van der Waals surface area contributed by atoms with Crippen LogP contribution in [-0.2, 0) is 52.9 Å². The zero-order valence-electron chi connectivity index (χ0n) is 39.0. The fourth-order valence-corrected chi connectivity index (χ4v) is 9.15. The molecule has 1 unspecified atom stereocenters. The number of allylic oxidation sites excluding steroid dienone is 3. The number of carbonyl (C=O) groups is 5. The normalized spacial score (nSPS) is 27.4. The second-order valence-corrected chi connectivity index (χ2v) is 18.3. The molecule has 0 spiro atoms. The molecule has 4 aliphatic rings. The van der Waals surface area contributed by atoms with Crippen LogP contribution in [0.4, 0.5) is 10.5 Å². The second kappa shape index (κ2) is 20.2. The van der Waals surface area contributed by atoms with Crippen molar-refractivity contribution in [3.05, 3.63) is 82.5 Å². The molecule has 6 bridgehead atoms. The number of aryl methyl sites for hydroxylation is 1. The number of nitrogens with zero attached hydrogens (tertiary/aromatic N) is 4. The third kappa shape index (κ3) is 10.9. The number of halogens is 1. The molecule has 3 aromatic rings. The first-order chi connectivity index (χ1) is 31.1. The largest absolute Gasteiger partial charge is 0.495 e. The summed E-state index contributed by atoms with van der Waals surface area (Å²) in [6.45, 7) is 7.21. The minimum absolute atomic E-state index is 0.0720. The van der Waals surface area contributed by atoms with Crippen LogP contribution in [0.1, 0.15) is 64.6 Å². The van der Waals surface area contributed by atoms with E-state index in [1.54, 1.807) is 38.1 Å². The van der Waals surface area contributed by atoms with Gasteiger partial charge in [0.25, 0.3) is 0 Å². The number of methoxy groups -OCH3 is 1. The molecule has 2 fully saturated rings. The highest BCUT2D eigenvalue weighted by molar-refractivity contribution is 6.35. The van der Waals surface area contributed by atoms with Gasteiger partial charge in [0.1, 0.15) is 46.3 Å². The Morgan fingerprint density at radius 2 is 1.83 bits per heavy atom. The average Bonchev–Trinajstić information content (AvgIpc) is 3.61. The van der Waals surface area contributed by atoms with E-state index in [1.807, 2.05) is 50.3 Å². The molecular formula is C47H62ClN7O11. The van der Waals surface area contributed by atoms with E-state index in [9.17, 15) is 34.2 Å². The molecule has 2 aromatic carbocycles. The summed E-state index contributed by atoms with van der Waals surface area (Å²) in [6.07, 6.45) is -0.300. The third-order valence-corrected chi connectivity index (χ3v) is 13.3. The number of carbonyl (C=O) groups excluding carboxylic acids is 5. The maximum Gasteiger partial charge on any atom is 0.409 e. The van der Waals surface area contributed by atoms with Crippen molar-refractivity contribution in [2.45, 2.75) is 114 Å². The van der Waals surface area contributed by atoms with Crippen molar-refractivity contribution in [2.24, 2.45) is 0 Å². The number of amides is 4. The molecule has 5 N–H and O–H groups in total. The molecule has 7 rings (SSSR count). The number of fused-ring (bicyclic) bond motifs is 7. The van der Waals surface area contributed by atoms with Crippen molar-refractivity contribution >= 4 is 58.0 Å². The SMILES string of the molecule is CNN(C)Cc1cc2ccccc2n1CCC(=O)NCC(=O)N(C)[C@@H](C)C(=O)O[C@H]1CC(=O)N(C)c2cc(cc(OC)c2Cl)C/C(C)=C/C=C/[C@@H](O)[C@@]2(O)C[C@H](OC(=O)N2)C2(C)C[C@@]1(C)O2. The number of hydrazine groups is 1. The van der Waals surface area contributed by atoms with Crippen molar-refractivity contribution in [1.82, 2.24) is 30.5 Å². The smallest absolute Gasteiger partial charge is 0.409 e. The lowest BCUT2D eigenvalue weighted by Gasteiger charge is -2.59. The molecular weight excluding hydrogens is 874 g/mol. The van der Waals surface area contributed by atoms with Crippen molar-refractivity contribution in [1.29, 1.82) is 0 Å². The summed E-state index contributed by atoms with van der Waals surface area (Å²) >= 11 is 6.78. The average molecular weight is 937 g/mol. The Bertz CT molecular complexity index is 2400. The Hall–Kier alpha value is -5.50. The van der Waals surface area contributed by atoms with Crippen molar-refractivity contribution in [3.63, 3.8) is 0 Å². The van der Waals surface area contributed by atoms with Gasteiger partial charge in [0.15, 0.2) is 5.72 Å². The van der Waals surface area contributed by atoms with Gasteiger partial charge < -0.3 is 48.8 Å². The molecule has 1 aromatic heterocycles. The minimum atomic E-state index is -2.13. The van der Waals surface area contributed by atoms with Gasteiger partial charge in [-0.25, -0.2) is 14.6 Å². The molecule has 7 atom stereocenters. The van der Waals surface area contributed by atoms with Crippen molar-refractivity contribution in [3.8, 4) is 5.75 Å². The van der Waals surface area contributed by atoms with Crippen LogP contribution in [0.15, 0.2) is 66.3 Å². The summed E-state index contributed by atoms with van der Waals surface area (Å²) in [7, 11) is 8.16. The minimum Gasteiger partial charge on any atom is -0.495 e. The maximum atomic E-state index is 14.3. The highest BCUT2D eigenvalue weighted by atomic mass is 35.5. The lowest BCUT2D eigenvalue weighted by atomic mass is 9.72. The number of esters is 1. The lowest BCUT2D eigenvalue weighted by Crippen LogP contribution is -2.72. The summed E-state index contributed by atoms with van der Waals surface area (Å²) in [5.74, 6) is -1.95. The summed E-state index contributed by atoms with van der Waals surface area (Å²) in [4.78, 5) is 70.2. The van der Waals surface area contributed by atoms with Gasteiger partial charge >= 0.3 is 12.1 Å². The summed E-state index contributed by atoms with van der Waals surface area (Å²) in [6, 6.07) is 12.3. The quantitative estimate of drug-likeness (QED) is 0.130. The molecule has 4 aliphatic heterocycles. The van der Waals surface area contributed by atoms with E-state index >= 15 is 0 Å². The van der Waals surface area contributed by atoms with Gasteiger partial charge in [-0.05, 0) is 76.4 Å². The predicted molar refractivity (Wildman–Crippen MR) is 246 cm³/mol. The summed E-state index contributed by atoms with van der Waals surface area (Å²) < 4.78 is 25.9. The highest BCUT2D eigenvalue weighted by Crippen LogP contribution is 2.50. The lowest BCUT2D eigenvalue weighted by molar-refractivity contribution is -0.328. The number of hydrogen-bond acceptors (Lipinski definition) is 13. The fraction of sp³-hybridized carbons (Fsp3) is 0.511. The van der Waals surface area contributed by atoms with E-state index in [2.05, 4.69) is 26.7 Å². The van der Waals surface area contributed by atoms with Crippen LogP contribution in [0.5, 0.6) is 5.75 Å². The van der Waals surface area contributed by atoms with Crippen LogP contribution in [0.2, 0.25) is 5.02 Å². The number of aromatic nitrogens is 1. The van der Waals surface area contributed by atoms with Gasteiger partial charge in [0.05, 0.1) is 32.3 Å². The number of para-hydroxylation sites is 1. The van der Waals surface area contributed by atoms with E-state index in [1.165, 1.54) is 39.1 Å². The number of hydrogen-bond donors (Lipinski definition) is 5. The highest BCUT2D eigenvalue weighted by Gasteiger charge is 2.63. The molecule has 19 heteroatoms. The van der Waals surface area contributed by atoms with Crippen LogP contribution >= 0.6 is 11.6 Å². The van der Waals surface area contributed by atoms with Gasteiger partial charge in [-0.3, -0.25) is 25.1 Å². The number of rotatable bonds is 12. The number of nitrogens with one attached hydrogen (secondary N) is 3. The topological polar surface area (TPSA) is 213 Å². The first kappa shape index (κ1) is 49.9. The molecule has 2 saturated heterocycles. The molecule has 5 heterocycles. The third-order valence-electron chi connectivity index (χ3n) is 12.9. The number of aliphatic hydroxyl groups excluding tert-OH is 1. The first-order valence-corrected chi connectivity index (χ1v) is 22.2. The van der Waals surface area contributed by atoms with Crippen LogP contribution in [0.3, 0.4) is 0 Å². The van der Waals surface area contributed by atoms with E-state index < -0.39 is 71.6 Å². The van der Waals surface area contributed by atoms with Gasteiger partial charge in [0, 0.05) is 58.2 Å². The Labute approximate surface area is 389 Å². The molecule has 0 aliphatic carbocycles. The number of likely N-dealkylation sites (N-methyl/N-ethyl adjacent to an activating group) is 1. The number of anilines is 1. The predicted octanol–water partition coefficient (Wildman–Crippen LogP) is 3.73. The van der Waals surface area contributed by atoms with Crippen LogP contribution < -0.4 is 25.7 Å². The van der Waals surface area contributed by atoms with E-state index in [0.717, 1.165) is 32.6 Å². The Balaban J connectivity index is 1.19. The molecule has 0 radical (unpaired) electrons.